The van der Waals surface area contributed by atoms with Crippen molar-refractivity contribution in [1.82, 2.24) is 30.2 Å². The number of Topliss-reactive ketones (excluding diaryl/α,β-unsaturated/α-hetero) is 1. The Bertz CT molecular complexity index is 2160. The van der Waals surface area contributed by atoms with Crippen LogP contribution in [0.5, 0.6) is 0 Å². The molecule has 2 fully saturated rings. The monoisotopic (exact) mass is 1000 g/mol. The summed E-state index contributed by atoms with van der Waals surface area (Å²) in [5, 5.41) is 36.7. The van der Waals surface area contributed by atoms with Gasteiger partial charge in [0.05, 0.1) is 25.6 Å². The molecule has 2 aliphatic rings. The van der Waals surface area contributed by atoms with Gasteiger partial charge in [0, 0.05) is 49.4 Å². The third-order valence-electron chi connectivity index (χ3n) is 10.3. The average molecular weight is 1000 g/mol. The first-order chi connectivity index (χ1) is 30.3. The van der Waals surface area contributed by atoms with Crippen LogP contribution in [-0.4, -0.2) is 140 Å². The molecular weight excluding hydrogens is 947 g/mol. The smallest absolute Gasteiger partial charge is 0.393 e. The first kappa shape index (κ1) is 54.5. The summed E-state index contributed by atoms with van der Waals surface area (Å²) in [5.74, 6) is -1.30. The number of thioether (sulfide) groups is 1. The molecule has 30 heteroatoms. The van der Waals surface area contributed by atoms with E-state index >= 15 is 0 Å². The van der Waals surface area contributed by atoms with Crippen LogP contribution in [0, 0.1) is 17.3 Å². The highest BCUT2D eigenvalue weighted by Gasteiger charge is 2.50. The minimum absolute atomic E-state index is 0.0134. The van der Waals surface area contributed by atoms with E-state index in [0.29, 0.717) is 25.7 Å². The number of carbonyl (C=O) groups excluding carboxylic acids is 4. The van der Waals surface area contributed by atoms with Gasteiger partial charge in [0.15, 0.2) is 22.8 Å². The van der Waals surface area contributed by atoms with E-state index in [2.05, 4.69) is 34.4 Å². The molecule has 4 rings (SSSR count). The van der Waals surface area contributed by atoms with Gasteiger partial charge in [-0.3, -0.25) is 37.3 Å². The summed E-state index contributed by atoms with van der Waals surface area (Å²) >= 11 is 0.937. The highest BCUT2D eigenvalue weighted by Crippen LogP contribution is 2.61. The number of aromatic nitrogens is 4. The SMILES string of the molecule is CC/C=C\C[C@@H]1C(=O)CC[C@@H]1C[C@H](O)CC(=O)SCCNC(=O)CCNC(=O)[C@H](O)C(C)(C)COP(=O)(O)OP(=O)(O)OC[C@H]1O[C@@H](n2cnc3c(N)ncnc32)[C@H](O)[C@@H]1OP(=O)(O)O. The van der Waals surface area contributed by atoms with Gasteiger partial charge < -0.3 is 56.0 Å². The molecule has 2 aromatic rings. The number of fused-ring (bicyclic) bond motifs is 1. The standard InChI is InChI=1S/C35H56N7O19P3S/c1-4-5-6-7-22-20(8-9-23(22)44)14-21(43)15-26(46)65-13-12-37-25(45)10-11-38-33(49)30(48)35(2,3)17-58-64(55,56)61-63(53,54)57-16-24-29(60-62(50,51)52)28(47)34(59-24)42-19-41-27-31(36)39-18-40-32(27)42/h5-6,18-22,24,28-30,34,43,47-48H,4,7-17H2,1-3H3,(H,37,45)(H,38,49)(H,53,54)(H,55,56)(H2,36,39,40)(H2,50,51,52)/b6-5-/t20-,21+,22+,24-,28-,29-,30+,34-/m1/s1. The van der Waals surface area contributed by atoms with Crippen molar-refractivity contribution in [3.05, 3.63) is 24.8 Å². The summed E-state index contributed by atoms with van der Waals surface area (Å²) in [6.45, 7) is 2.27. The van der Waals surface area contributed by atoms with Crippen LogP contribution in [0.25, 0.3) is 11.2 Å². The van der Waals surface area contributed by atoms with Gasteiger partial charge in [0.25, 0.3) is 0 Å². The van der Waals surface area contributed by atoms with E-state index in [1.165, 1.54) is 13.8 Å². The molecule has 0 aromatic carbocycles. The summed E-state index contributed by atoms with van der Waals surface area (Å²) in [5.41, 5.74) is 4.22. The maximum Gasteiger partial charge on any atom is 0.481 e. The highest BCUT2D eigenvalue weighted by atomic mass is 32.2. The molecule has 3 heterocycles. The topological polar surface area (TPSA) is 401 Å². The van der Waals surface area contributed by atoms with Gasteiger partial charge in [-0.1, -0.05) is 44.7 Å². The molecule has 1 saturated carbocycles. The molecule has 2 amide bonds. The lowest BCUT2D eigenvalue weighted by Gasteiger charge is -2.30. The number of aliphatic hydroxyl groups is 3. The Balaban J connectivity index is 1.16. The molecule has 65 heavy (non-hydrogen) atoms. The number of hydrogen-bond donors (Lipinski definition) is 10. The van der Waals surface area contributed by atoms with Crippen LogP contribution in [0.1, 0.15) is 71.9 Å². The molecule has 0 spiro atoms. The highest BCUT2D eigenvalue weighted by molar-refractivity contribution is 8.13. The normalized spacial score (nSPS) is 24.5. The number of imidazole rings is 1. The number of hydrogen-bond acceptors (Lipinski definition) is 20. The molecule has 11 N–H and O–H groups in total. The second-order valence-corrected chi connectivity index (χ2v) is 21.3. The van der Waals surface area contributed by atoms with E-state index in [0.717, 1.165) is 35.4 Å². The predicted octanol–water partition coefficient (Wildman–Crippen LogP) is 0.757. The number of phosphoric acid groups is 3. The molecule has 0 radical (unpaired) electrons. The number of nitrogen functional groups attached to an aromatic ring is 1. The van der Waals surface area contributed by atoms with E-state index in [1.807, 2.05) is 19.1 Å². The molecule has 1 aliphatic carbocycles. The number of nitrogens with one attached hydrogen (secondary N) is 2. The zero-order chi connectivity index (χ0) is 48.3. The minimum Gasteiger partial charge on any atom is -0.393 e. The van der Waals surface area contributed by atoms with E-state index in [4.69, 9.17) is 19.5 Å². The van der Waals surface area contributed by atoms with Gasteiger partial charge in [-0.05, 0) is 31.6 Å². The zero-order valence-corrected chi connectivity index (χ0v) is 39.1. The van der Waals surface area contributed by atoms with E-state index < -0.39 is 90.7 Å². The number of allylic oxidation sites excluding steroid dienone is 2. The van der Waals surface area contributed by atoms with Gasteiger partial charge >= 0.3 is 23.5 Å². The van der Waals surface area contributed by atoms with Crippen molar-refractivity contribution in [2.45, 2.75) is 102 Å². The Hall–Kier alpha value is -3.07. The van der Waals surface area contributed by atoms with Gasteiger partial charge in [-0.25, -0.2) is 28.6 Å². The fourth-order valence-corrected chi connectivity index (χ4v) is 10.5. The number of nitrogens with zero attached hydrogens (tertiary/aromatic N) is 4. The molecule has 1 saturated heterocycles. The Morgan fingerprint density at radius 2 is 1.77 bits per heavy atom. The second kappa shape index (κ2) is 23.8. The number of rotatable bonds is 26. The Labute approximate surface area is 376 Å². The van der Waals surface area contributed by atoms with Crippen LogP contribution in [-0.2, 0) is 55.5 Å². The summed E-state index contributed by atoms with van der Waals surface area (Å²) in [4.78, 5) is 101. The lowest BCUT2D eigenvalue weighted by atomic mass is 9.87. The minimum atomic E-state index is -5.60. The second-order valence-electron chi connectivity index (χ2n) is 15.9. The van der Waals surface area contributed by atoms with E-state index in [1.54, 1.807) is 0 Å². The number of anilines is 1. The quantitative estimate of drug-likeness (QED) is 0.0353. The number of ether oxygens (including phenoxy) is 1. The average Bonchev–Trinajstić information content (AvgIpc) is 3.88. The number of carbonyl (C=O) groups is 4. The van der Waals surface area contributed by atoms with Gasteiger partial charge in [-0.2, -0.15) is 4.31 Å². The van der Waals surface area contributed by atoms with Gasteiger partial charge in [0.2, 0.25) is 11.8 Å². The molecular formula is C35H56N7O19P3S. The van der Waals surface area contributed by atoms with Crippen molar-refractivity contribution in [2.75, 3.05) is 37.8 Å². The van der Waals surface area contributed by atoms with E-state index in [9.17, 15) is 67.8 Å². The predicted molar refractivity (Wildman–Crippen MR) is 228 cm³/mol. The number of nitrogens with two attached hydrogens (primary N) is 1. The largest absolute Gasteiger partial charge is 0.481 e. The summed E-state index contributed by atoms with van der Waals surface area (Å²) < 4.78 is 62.3. The number of phosphoric ester groups is 3. The summed E-state index contributed by atoms with van der Waals surface area (Å²) in [6.07, 6.45) is -1.10. The first-order valence-electron chi connectivity index (χ1n) is 20.2. The van der Waals surface area contributed by atoms with Crippen molar-refractivity contribution in [1.29, 1.82) is 0 Å². The summed E-state index contributed by atoms with van der Waals surface area (Å²) in [7, 11) is -16.5. The molecule has 366 valence electrons. The third-order valence-corrected chi connectivity index (χ3v) is 14.3. The molecule has 26 nitrogen and oxygen atoms in total. The first-order valence-corrected chi connectivity index (χ1v) is 25.7. The van der Waals surface area contributed by atoms with Crippen molar-refractivity contribution in [3.8, 4) is 0 Å². The van der Waals surface area contributed by atoms with Crippen LogP contribution in [0.4, 0.5) is 5.82 Å². The fourth-order valence-electron chi connectivity index (χ4n) is 6.97. The van der Waals surface area contributed by atoms with Crippen LogP contribution in [0.3, 0.4) is 0 Å². The van der Waals surface area contributed by atoms with Crippen LogP contribution in [0.2, 0.25) is 0 Å². The van der Waals surface area contributed by atoms with Crippen molar-refractivity contribution < 1.29 is 90.4 Å². The fraction of sp³-hybridized carbons (Fsp3) is 0.686. The maximum absolute atomic E-state index is 12.7. The summed E-state index contributed by atoms with van der Waals surface area (Å²) in [6, 6.07) is 0. The van der Waals surface area contributed by atoms with Crippen molar-refractivity contribution in [3.63, 3.8) is 0 Å². The Kier molecular flexibility index (Phi) is 20.0. The van der Waals surface area contributed by atoms with E-state index in [-0.39, 0.29) is 71.4 Å². The lowest BCUT2D eigenvalue weighted by molar-refractivity contribution is -0.137. The number of amides is 2. The van der Waals surface area contributed by atoms with Crippen molar-refractivity contribution >= 4 is 74.9 Å². The third kappa shape index (κ3) is 16.6. The lowest BCUT2D eigenvalue weighted by Crippen LogP contribution is -2.46. The molecule has 2 aromatic heterocycles. The maximum atomic E-state index is 12.7. The van der Waals surface area contributed by atoms with Crippen LogP contribution >= 0.6 is 35.2 Å². The molecule has 0 bridgehead atoms. The van der Waals surface area contributed by atoms with Crippen molar-refractivity contribution in [2.24, 2.45) is 17.3 Å². The van der Waals surface area contributed by atoms with Crippen LogP contribution in [0.15, 0.2) is 24.8 Å². The van der Waals surface area contributed by atoms with Crippen LogP contribution < -0.4 is 16.4 Å². The molecule has 1 aliphatic heterocycles. The zero-order valence-electron chi connectivity index (χ0n) is 35.6. The van der Waals surface area contributed by atoms with Gasteiger partial charge in [0.1, 0.15) is 42.0 Å². The molecule has 2 unspecified atom stereocenters. The van der Waals surface area contributed by atoms with Gasteiger partial charge in [-0.15, -0.1) is 0 Å². The number of aliphatic hydroxyl groups excluding tert-OH is 3. The Morgan fingerprint density at radius 1 is 1.06 bits per heavy atom. The Morgan fingerprint density at radius 3 is 2.46 bits per heavy atom. The molecule has 10 atom stereocenters. The number of ketones is 1.